The highest BCUT2D eigenvalue weighted by Crippen LogP contribution is 2.53. The fourth-order valence-electron chi connectivity index (χ4n) is 4.52. The van der Waals surface area contributed by atoms with Crippen LogP contribution in [0.1, 0.15) is 23.6 Å². The molecule has 31 heavy (non-hydrogen) atoms. The lowest BCUT2D eigenvalue weighted by Crippen LogP contribution is -2.52. The molecule has 2 aliphatic heterocycles. The van der Waals surface area contributed by atoms with E-state index in [1.807, 2.05) is 13.8 Å². The number of amides is 2. The van der Waals surface area contributed by atoms with Gasteiger partial charge in [0.25, 0.3) is 17.6 Å². The van der Waals surface area contributed by atoms with Gasteiger partial charge in [-0.3, -0.25) is 14.4 Å². The lowest BCUT2D eigenvalue weighted by Gasteiger charge is -2.34. The summed E-state index contributed by atoms with van der Waals surface area (Å²) in [6.07, 6.45) is 0. The highest BCUT2D eigenvalue weighted by atomic mass is 16.5. The number of aliphatic hydroxyl groups is 1. The largest absolute Gasteiger partial charge is 0.507 e. The molecule has 4 rings (SSSR count). The number of ketones is 1. The van der Waals surface area contributed by atoms with Crippen molar-refractivity contribution in [3.8, 4) is 0 Å². The minimum Gasteiger partial charge on any atom is -0.507 e. The molecule has 7 nitrogen and oxygen atoms in total. The van der Waals surface area contributed by atoms with Crippen LogP contribution in [0.5, 0.6) is 0 Å². The van der Waals surface area contributed by atoms with Crippen LogP contribution >= 0.6 is 0 Å². The molecule has 1 saturated heterocycles. The Morgan fingerprint density at radius 2 is 1.74 bits per heavy atom. The van der Waals surface area contributed by atoms with E-state index in [1.165, 1.54) is 12.0 Å². The number of likely N-dealkylation sites (N-methyl/N-ethyl adjacent to an activating group) is 1. The number of likely N-dealkylation sites (tertiary alicyclic amines) is 1. The molecule has 2 aromatic carbocycles. The number of carbonyl (C=O) groups is 3. The van der Waals surface area contributed by atoms with Crippen molar-refractivity contribution in [2.45, 2.75) is 19.4 Å². The van der Waals surface area contributed by atoms with Crippen molar-refractivity contribution >= 4 is 29.0 Å². The molecule has 0 aromatic heterocycles. The van der Waals surface area contributed by atoms with Crippen LogP contribution in [-0.2, 0) is 24.7 Å². The van der Waals surface area contributed by atoms with E-state index < -0.39 is 23.1 Å². The first-order valence-corrected chi connectivity index (χ1v) is 10.2. The Hall–Kier alpha value is -3.45. The Labute approximate surface area is 180 Å². The van der Waals surface area contributed by atoms with Crippen LogP contribution in [0.15, 0.2) is 54.1 Å². The van der Waals surface area contributed by atoms with Crippen LogP contribution in [0.25, 0.3) is 5.76 Å². The maximum absolute atomic E-state index is 13.9. The van der Waals surface area contributed by atoms with Gasteiger partial charge in [0.1, 0.15) is 5.76 Å². The average Bonchev–Trinajstić information content (AvgIpc) is 3.15. The number of ether oxygens (including phenoxy) is 1. The number of anilines is 1. The lowest BCUT2D eigenvalue weighted by atomic mass is 9.82. The third-order valence-corrected chi connectivity index (χ3v) is 5.97. The number of carbonyl (C=O) groups excluding carboxylic acids is 3. The van der Waals surface area contributed by atoms with Crippen molar-refractivity contribution in [2.24, 2.45) is 0 Å². The van der Waals surface area contributed by atoms with Crippen molar-refractivity contribution in [3.63, 3.8) is 0 Å². The number of hydrogen-bond donors (Lipinski definition) is 1. The Morgan fingerprint density at radius 3 is 2.39 bits per heavy atom. The summed E-state index contributed by atoms with van der Waals surface area (Å²) in [7, 11) is 1.48. The molecule has 160 valence electrons. The second-order valence-corrected chi connectivity index (χ2v) is 7.65. The van der Waals surface area contributed by atoms with Gasteiger partial charge >= 0.3 is 0 Å². The summed E-state index contributed by atoms with van der Waals surface area (Å²) in [5.74, 6) is -2.50. The first kappa shape index (κ1) is 20.8. The molecular weight excluding hydrogens is 396 g/mol. The molecule has 0 aliphatic carbocycles. The SMILES string of the molecule is CCN1C(=O)C2(/C(=C(\O)c3ccc(C)cc3)C(=O)C(=O)N2CCOC)c2ccccc21. The zero-order chi connectivity index (χ0) is 22.3. The molecule has 0 bridgehead atoms. The predicted octanol–water partition coefficient (Wildman–Crippen LogP) is 2.58. The van der Waals surface area contributed by atoms with Crippen LogP contribution in [-0.4, -0.2) is 54.4 Å². The fourth-order valence-corrected chi connectivity index (χ4v) is 4.52. The van der Waals surface area contributed by atoms with Crippen LogP contribution in [0.3, 0.4) is 0 Å². The van der Waals surface area contributed by atoms with Crippen LogP contribution in [0.4, 0.5) is 5.69 Å². The Kier molecular flexibility index (Phi) is 5.15. The van der Waals surface area contributed by atoms with Crippen molar-refractivity contribution in [3.05, 3.63) is 70.8 Å². The molecule has 2 aromatic rings. The maximum Gasteiger partial charge on any atom is 0.296 e. The number of aliphatic hydroxyl groups excluding tert-OH is 1. The predicted molar refractivity (Wildman–Crippen MR) is 115 cm³/mol. The molecule has 1 unspecified atom stereocenters. The summed E-state index contributed by atoms with van der Waals surface area (Å²) in [5, 5.41) is 11.2. The van der Waals surface area contributed by atoms with Gasteiger partial charge in [0, 0.05) is 31.3 Å². The first-order chi connectivity index (χ1) is 14.9. The summed E-state index contributed by atoms with van der Waals surface area (Å²) in [4.78, 5) is 43.0. The number of rotatable bonds is 5. The van der Waals surface area contributed by atoms with Gasteiger partial charge in [0.05, 0.1) is 17.9 Å². The minimum absolute atomic E-state index is 0.0311. The van der Waals surface area contributed by atoms with Crippen molar-refractivity contribution < 1.29 is 24.2 Å². The van der Waals surface area contributed by atoms with Crippen LogP contribution in [0, 0.1) is 6.92 Å². The molecule has 2 aliphatic rings. The molecule has 1 fully saturated rings. The van der Waals surface area contributed by atoms with E-state index in [2.05, 4.69) is 0 Å². The quantitative estimate of drug-likeness (QED) is 0.456. The van der Waals surface area contributed by atoms with E-state index in [4.69, 9.17) is 4.74 Å². The minimum atomic E-state index is -1.73. The van der Waals surface area contributed by atoms with E-state index in [1.54, 1.807) is 53.4 Å². The van der Waals surface area contributed by atoms with Crippen LogP contribution < -0.4 is 4.90 Å². The molecule has 2 heterocycles. The van der Waals surface area contributed by atoms with Crippen molar-refractivity contribution in [2.75, 3.05) is 31.7 Å². The Balaban J connectivity index is 2.06. The third kappa shape index (κ3) is 2.80. The molecule has 1 spiro atoms. The van der Waals surface area contributed by atoms with Crippen LogP contribution in [0.2, 0.25) is 0 Å². The topological polar surface area (TPSA) is 87.2 Å². The number of aryl methyl sites for hydroxylation is 1. The zero-order valence-electron chi connectivity index (χ0n) is 17.7. The summed E-state index contributed by atoms with van der Waals surface area (Å²) < 4.78 is 5.15. The van der Waals surface area contributed by atoms with E-state index in [0.29, 0.717) is 23.4 Å². The number of benzene rings is 2. The van der Waals surface area contributed by atoms with Crippen molar-refractivity contribution in [1.82, 2.24) is 4.90 Å². The molecule has 0 saturated carbocycles. The fraction of sp³-hybridized carbons (Fsp3) is 0.292. The van der Waals surface area contributed by atoms with E-state index in [0.717, 1.165) is 5.56 Å². The zero-order valence-corrected chi connectivity index (χ0v) is 17.7. The summed E-state index contributed by atoms with van der Waals surface area (Å²) in [6.45, 7) is 4.26. The van der Waals surface area contributed by atoms with E-state index in [9.17, 15) is 19.5 Å². The molecule has 1 N–H and O–H groups in total. The van der Waals surface area contributed by atoms with Gasteiger partial charge in [0.2, 0.25) is 0 Å². The van der Waals surface area contributed by atoms with E-state index in [-0.39, 0.29) is 24.5 Å². The van der Waals surface area contributed by atoms with Gasteiger partial charge in [-0.2, -0.15) is 0 Å². The second kappa shape index (κ2) is 7.67. The number of para-hydroxylation sites is 1. The van der Waals surface area contributed by atoms with Gasteiger partial charge in [0.15, 0.2) is 5.54 Å². The average molecular weight is 420 g/mol. The highest BCUT2D eigenvalue weighted by molar-refractivity contribution is 6.50. The van der Waals surface area contributed by atoms with Gasteiger partial charge in [-0.1, -0.05) is 48.0 Å². The van der Waals surface area contributed by atoms with Gasteiger partial charge in [-0.25, -0.2) is 0 Å². The molecule has 0 radical (unpaired) electrons. The number of methoxy groups -OCH3 is 1. The van der Waals surface area contributed by atoms with Gasteiger partial charge < -0.3 is 19.6 Å². The molecule has 1 atom stereocenters. The summed E-state index contributed by atoms with van der Waals surface area (Å²) in [6, 6.07) is 14.0. The Morgan fingerprint density at radius 1 is 1.06 bits per heavy atom. The van der Waals surface area contributed by atoms with Crippen molar-refractivity contribution in [1.29, 1.82) is 0 Å². The normalized spacial score (nSPS) is 22.0. The molecular formula is C24H24N2O5. The smallest absolute Gasteiger partial charge is 0.296 e. The lowest BCUT2D eigenvalue weighted by molar-refractivity contribution is -0.144. The number of hydrogen-bond acceptors (Lipinski definition) is 5. The number of nitrogens with zero attached hydrogens (tertiary/aromatic N) is 2. The monoisotopic (exact) mass is 420 g/mol. The van der Waals surface area contributed by atoms with Gasteiger partial charge in [-0.05, 0) is 19.9 Å². The standard InChI is InChI=1S/C24H24N2O5/c1-4-25-18-8-6-5-7-17(18)24(23(25)30)19(20(27)16-11-9-15(2)10-12-16)21(28)22(29)26(24)13-14-31-3/h5-12,27H,4,13-14H2,1-3H3/b20-19-. The summed E-state index contributed by atoms with van der Waals surface area (Å²) in [5.41, 5.74) is 0.542. The molecule has 7 heteroatoms. The maximum atomic E-state index is 13.9. The molecule has 2 amide bonds. The Bertz CT molecular complexity index is 1110. The van der Waals surface area contributed by atoms with Gasteiger partial charge in [-0.15, -0.1) is 0 Å². The van der Waals surface area contributed by atoms with E-state index >= 15 is 0 Å². The third-order valence-electron chi connectivity index (χ3n) is 5.97. The summed E-state index contributed by atoms with van der Waals surface area (Å²) >= 11 is 0. The number of fused-ring (bicyclic) bond motifs is 2. The first-order valence-electron chi connectivity index (χ1n) is 10.2. The number of Topliss-reactive ketones (excluding diaryl/α,β-unsaturated/α-hetero) is 1. The second-order valence-electron chi connectivity index (χ2n) is 7.65. The highest BCUT2D eigenvalue weighted by Gasteiger charge is 2.66.